The molecular formula is C13H15N3O2. The molecule has 5 heteroatoms. The van der Waals surface area contributed by atoms with Gasteiger partial charge >= 0.3 is 0 Å². The maximum Gasteiger partial charge on any atom is 0.253 e. The van der Waals surface area contributed by atoms with Crippen molar-refractivity contribution in [2.75, 3.05) is 12.8 Å². The number of benzene rings is 1. The first-order valence-electron chi connectivity index (χ1n) is 5.55. The van der Waals surface area contributed by atoms with Crippen LogP contribution in [-0.2, 0) is 6.54 Å². The molecule has 2 rings (SSSR count). The van der Waals surface area contributed by atoms with E-state index < -0.39 is 0 Å². The van der Waals surface area contributed by atoms with E-state index >= 15 is 0 Å². The summed E-state index contributed by atoms with van der Waals surface area (Å²) < 4.78 is 6.77. The van der Waals surface area contributed by atoms with Gasteiger partial charge in [-0.25, -0.2) is 4.98 Å². The van der Waals surface area contributed by atoms with E-state index in [1.165, 1.54) is 17.0 Å². The number of nitrogen functional groups attached to an aromatic ring is 1. The lowest BCUT2D eigenvalue weighted by molar-refractivity contribution is 0.408. The quantitative estimate of drug-likeness (QED) is 0.825. The van der Waals surface area contributed by atoms with Crippen molar-refractivity contribution in [1.29, 1.82) is 0 Å². The number of rotatable bonds is 3. The average molecular weight is 245 g/mol. The standard InChI is InChI=1S/C13H15N3O2/c1-9-5-13(17)16(8-15-9)7-10-3-4-11(14)6-12(10)18-2/h3-6,8H,7,14H2,1-2H3. The molecule has 0 fully saturated rings. The molecule has 0 aliphatic rings. The second-order valence-corrected chi connectivity index (χ2v) is 4.07. The molecule has 0 aliphatic carbocycles. The molecule has 18 heavy (non-hydrogen) atoms. The van der Waals surface area contributed by atoms with Crippen molar-refractivity contribution in [2.45, 2.75) is 13.5 Å². The minimum atomic E-state index is -0.0821. The molecule has 2 aromatic rings. The summed E-state index contributed by atoms with van der Waals surface area (Å²) in [5.41, 5.74) is 7.83. The molecule has 0 saturated heterocycles. The van der Waals surface area contributed by atoms with Crippen molar-refractivity contribution in [3.05, 3.63) is 52.2 Å². The van der Waals surface area contributed by atoms with Gasteiger partial charge in [0.1, 0.15) is 5.75 Å². The van der Waals surface area contributed by atoms with Gasteiger partial charge in [-0.15, -0.1) is 0 Å². The van der Waals surface area contributed by atoms with Crippen LogP contribution in [0.2, 0.25) is 0 Å². The van der Waals surface area contributed by atoms with E-state index in [0.717, 1.165) is 5.56 Å². The number of methoxy groups -OCH3 is 1. The summed E-state index contributed by atoms with van der Waals surface area (Å²) in [4.78, 5) is 15.9. The maximum atomic E-state index is 11.8. The van der Waals surface area contributed by atoms with Gasteiger partial charge in [0.25, 0.3) is 5.56 Å². The Morgan fingerprint density at radius 2 is 2.17 bits per heavy atom. The lowest BCUT2D eigenvalue weighted by atomic mass is 10.2. The van der Waals surface area contributed by atoms with E-state index in [1.807, 2.05) is 6.07 Å². The van der Waals surface area contributed by atoms with E-state index in [0.29, 0.717) is 23.7 Å². The van der Waals surface area contributed by atoms with Crippen molar-refractivity contribution >= 4 is 5.69 Å². The third-order valence-corrected chi connectivity index (χ3v) is 2.67. The van der Waals surface area contributed by atoms with Gasteiger partial charge < -0.3 is 10.5 Å². The number of anilines is 1. The van der Waals surface area contributed by atoms with Crippen molar-refractivity contribution in [3.8, 4) is 5.75 Å². The largest absolute Gasteiger partial charge is 0.496 e. The van der Waals surface area contributed by atoms with Crippen LogP contribution in [0, 0.1) is 6.92 Å². The summed E-state index contributed by atoms with van der Waals surface area (Å²) in [5.74, 6) is 0.669. The van der Waals surface area contributed by atoms with Gasteiger partial charge in [0.15, 0.2) is 0 Å². The third kappa shape index (κ3) is 2.51. The Morgan fingerprint density at radius 1 is 1.39 bits per heavy atom. The second-order valence-electron chi connectivity index (χ2n) is 4.07. The number of aromatic nitrogens is 2. The highest BCUT2D eigenvalue weighted by atomic mass is 16.5. The van der Waals surface area contributed by atoms with Crippen LogP contribution in [-0.4, -0.2) is 16.7 Å². The van der Waals surface area contributed by atoms with Crippen LogP contribution in [0.25, 0.3) is 0 Å². The molecule has 0 saturated carbocycles. The molecule has 94 valence electrons. The molecule has 2 N–H and O–H groups in total. The van der Waals surface area contributed by atoms with E-state index in [9.17, 15) is 4.79 Å². The minimum absolute atomic E-state index is 0.0821. The summed E-state index contributed by atoms with van der Waals surface area (Å²) in [6, 6.07) is 6.87. The Labute approximate surface area is 105 Å². The zero-order valence-corrected chi connectivity index (χ0v) is 10.4. The molecule has 5 nitrogen and oxygen atoms in total. The normalized spacial score (nSPS) is 10.3. The highest BCUT2D eigenvalue weighted by Crippen LogP contribution is 2.21. The van der Waals surface area contributed by atoms with Crippen LogP contribution < -0.4 is 16.0 Å². The Balaban J connectivity index is 2.37. The molecule has 0 amide bonds. The van der Waals surface area contributed by atoms with Crippen LogP contribution in [0.1, 0.15) is 11.3 Å². The summed E-state index contributed by atoms with van der Waals surface area (Å²) in [5, 5.41) is 0. The zero-order valence-electron chi connectivity index (χ0n) is 10.4. The Kier molecular flexibility index (Phi) is 3.32. The first-order chi connectivity index (χ1) is 8.60. The van der Waals surface area contributed by atoms with Gasteiger partial charge in [0.2, 0.25) is 0 Å². The first kappa shape index (κ1) is 12.2. The Morgan fingerprint density at radius 3 is 2.83 bits per heavy atom. The number of ether oxygens (including phenoxy) is 1. The number of hydrogen-bond donors (Lipinski definition) is 1. The molecule has 0 spiro atoms. The smallest absolute Gasteiger partial charge is 0.253 e. The number of nitrogens with zero attached hydrogens (tertiary/aromatic N) is 2. The molecule has 0 radical (unpaired) electrons. The monoisotopic (exact) mass is 245 g/mol. The molecule has 0 unspecified atom stereocenters. The Bertz CT molecular complexity index is 620. The van der Waals surface area contributed by atoms with Gasteiger partial charge in [-0.1, -0.05) is 6.07 Å². The average Bonchev–Trinajstić information content (AvgIpc) is 2.34. The molecule has 0 atom stereocenters. The number of aryl methyl sites for hydroxylation is 1. The summed E-state index contributed by atoms with van der Waals surface area (Å²) >= 11 is 0. The maximum absolute atomic E-state index is 11.8. The number of hydrogen-bond acceptors (Lipinski definition) is 4. The molecular weight excluding hydrogens is 230 g/mol. The minimum Gasteiger partial charge on any atom is -0.496 e. The molecule has 1 heterocycles. The predicted molar refractivity (Wildman–Crippen MR) is 69.7 cm³/mol. The van der Waals surface area contributed by atoms with E-state index in [2.05, 4.69) is 4.98 Å². The topological polar surface area (TPSA) is 70.1 Å². The van der Waals surface area contributed by atoms with Crippen molar-refractivity contribution in [3.63, 3.8) is 0 Å². The molecule has 0 bridgehead atoms. The first-order valence-corrected chi connectivity index (χ1v) is 5.55. The van der Waals surface area contributed by atoms with Crippen LogP contribution in [0.5, 0.6) is 5.75 Å². The molecule has 1 aromatic heterocycles. The van der Waals surface area contributed by atoms with Gasteiger partial charge in [-0.3, -0.25) is 9.36 Å². The van der Waals surface area contributed by atoms with Crippen LogP contribution >= 0.6 is 0 Å². The second kappa shape index (κ2) is 4.91. The van der Waals surface area contributed by atoms with Crippen molar-refractivity contribution < 1.29 is 4.74 Å². The summed E-state index contributed by atoms with van der Waals surface area (Å²) in [7, 11) is 1.58. The highest BCUT2D eigenvalue weighted by molar-refractivity contribution is 5.48. The third-order valence-electron chi connectivity index (χ3n) is 2.67. The lowest BCUT2D eigenvalue weighted by Crippen LogP contribution is -2.20. The SMILES string of the molecule is COc1cc(N)ccc1Cn1cnc(C)cc1=O. The molecule has 1 aromatic carbocycles. The van der Waals surface area contributed by atoms with Gasteiger partial charge in [-0.2, -0.15) is 0 Å². The fraction of sp³-hybridized carbons (Fsp3) is 0.231. The van der Waals surface area contributed by atoms with Gasteiger partial charge in [0.05, 0.1) is 20.0 Å². The zero-order chi connectivity index (χ0) is 13.1. The van der Waals surface area contributed by atoms with Crippen molar-refractivity contribution in [2.24, 2.45) is 0 Å². The Hall–Kier alpha value is -2.30. The van der Waals surface area contributed by atoms with Gasteiger partial charge in [-0.05, 0) is 13.0 Å². The fourth-order valence-electron chi connectivity index (χ4n) is 1.71. The van der Waals surface area contributed by atoms with E-state index in [4.69, 9.17) is 10.5 Å². The number of nitrogens with two attached hydrogens (primary N) is 1. The van der Waals surface area contributed by atoms with E-state index in [-0.39, 0.29) is 5.56 Å². The van der Waals surface area contributed by atoms with Gasteiger partial charge in [0, 0.05) is 29.1 Å². The predicted octanol–water partition coefficient (Wildman–Crippen LogP) is 1.19. The van der Waals surface area contributed by atoms with E-state index in [1.54, 1.807) is 26.2 Å². The summed E-state index contributed by atoms with van der Waals surface area (Å²) in [6.45, 7) is 2.20. The van der Waals surface area contributed by atoms with Crippen LogP contribution in [0.15, 0.2) is 35.4 Å². The lowest BCUT2D eigenvalue weighted by Gasteiger charge is -2.10. The molecule has 0 aliphatic heterocycles. The highest BCUT2D eigenvalue weighted by Gasteiger charge is 2.05. The fourth-order valence-corrected chi connectivity index (χ4v) is 1.71. The van der Waals surface area contributed by atoms with Crippen LogP contribution in [0.3, 0.4) is 0 Å². The van der Waals surface area contributed by atoms with Crippen LogP contribution in [0.4, 0.5) is 5.69 Å². The van der Waals surface area contributed by atoms with Crippen molar-refractivity contribution in [1.82, 2.24) is 9.55 Å². The summed E-state index contributed by atoms with van der Waals surface area (Å²) in [6.07, 6.45) is 1.54.